The number of carbonyl (C=O) groups excluding carboxylic acids is 1. The zero-order valence-corrected chi connectivity index (χ0v) is 19.6. The molecule has 1 aliphatic rings. The molecule has 0 radical (unpaired) electrons. The Labute approximate surface area is 205 Å². The monoisotopic (exact) mass is 498 g/mol. The molecule has 1 aliphatic heterocycles. The van der Waals surface area contributed by atoms with Crippen molar-refractivity contribution in [1.29, 1.82) is 0 Å². The summed E-state index contributed by atoms with van der Waals surface area (Å²) >= 11 is 0. The first-order valence-corrected chi connectivity index (χ1v) is 11.2. The summed E-state index contributed by atoms with van der Waals surface area (Å²) in [5, 5.41) is 9.79. The zero-order chi connectivity index (χ0) is 25.7. The highest BCUT2D eigenvalue weighted by Gasteiger charge is 2.31. The fourth-order valence-electron chi connectivity index (χ4n) is 3.90. The second-order valence-electron chi connectivity index (χ2n) is 8.32. The molecule has 2 aromatic heterocycles. The minimum absolute atomic E-state index is 0.0516. The average molecular weight is 499 g/mol. The van der Waals surface area contributed by atoms with Gasteiger partial charge in [0, 0.05) is 37.4 Å². The van der Waals surface area contributed by atoms with Crippen LogP contribution in [0, 0.1) is 0 Å². The topological polar surface area (TPSA) is 95.5 Å². The Kier molecular flexibility index (Phi) is 7.61. The molecule has 3 heterocycles. The number of nitrogens with one attached hydrogen (secondary N) is 2. The summed E-state index contributed by atoms with van der Waals surface area (Å²) in [5.41, 5.74) is 2.53. The first-order chi connectivity index (χ1) is 17.2. The maximum absolute atomic E-state index is 13.0. The molecule has 1 amide bonds. The van der Waals surface area contributed by atoms with Crippen molar-refractivity contribution in [2.45, 2.75) is 13.1 Å². The number of fused-ring (bicyclic) bond motifs is 1. The number of ether oxygens (including phenoxy) is 1. The van der Waals surface area contributed by atoms with E-state index < -0.39 is 17.6 Å². The van der Waals surface area contributed by atoms with E-state index in [4.69, 9.17) is 4.74 Å². The number of aromatic nitrogens is 3. The lowest BCUT2D eigenvalue weighted by molar-refractivity contribution is -0.137. The molecule has 0 unspecified atom stereocenters. The van der Waals surface area contributed by atoms with Crippen molar-refractivity contribution in [3.63, 3.8) is 0 Å². The zero-order valence-electron chi connectivity index (χ0n) is 19.6. The van der Waals surface area contributed by atoms with Gasteiger partial charge in [-0.25, -0.2) is 4.98 Å². The standard InChI is InChI=1S/C25H25F3N6O2/c1-16(11-17(14-29-2)15-34-7-9-36-10-8-34)18-3-4-21-20(12-18)23(33-32-21)24(35)31-22-13-19(5-6-30-22)25(26,27)28/h3-6,11-14H,2,7-10,15H2,1H3,(H,32,33)(H,30,31,35)/b16-11+,17-14+. The molecule has 2 N–H and O–H groups in total. The van der Waals surface area contributed by atoms with Crippen LogP contribution in [0.1, 0.15) is 28.5 Å². The van der Waals surface area contributed by atoms with E-state index in [-0.39, 0.29) is 11.5 Å². The Balaban J connectivity index is 1.57. The van der Waals surface area contributed by atoms with Crippen LogP contribution in [0.2, 0.25) is 0 Å². The highest BCUT2D eigenvalue weighted by molar-refractivity contribution is 6.11. The summed E-state index contributed by atoms with van der Waals surface area (Å²) in [5.74, 6) is -0.886. The first-order valence-electron chi connectivity index (χ1n) is 11.2. The van der Waals surface area contributed by atoms with E-state index in [1.165, 1.54) is 0 Å². The molecule has 1 saturated heterocycles. The van der Waals surface area contributed by atoms with Gasteiger partial charge in [-0.05, 0) is 54.6 Å². The van der Waals surface area contributed by atoms with Gasteiger partial charge in [-0.3, -0.25) is 19.8 Å². The van der Waals surface area contributed by atoms with Crippen LogP contribution in [0.3, 0.4) is 0 Å². The summed E-state index contributed by atoms with van der Waals surface area (Å²) in [6.07, 6.45) is 0.178. The molecule has 36 heavy (non-hydrogen) atoms. The number of nitrogens with zero attached hydrogens (tertiary/aromatic N) is 4. The van der Waals surface area contributed by atoms with Gasteiger partial charge in [0.2, 0.25) is 0 Å². The SMILES string of the molecule is C=N/C=C(\C=C(/C)c1ccc2[nH]nc(C(=O)Nc3cc(C(F)(F)F)ccn3)c2c1)CN1CCOCC1. The van der Waals surface area contributed by atoms with Gasteiger partial charge in [-0.2, -0.15) is 18.3 Å². The number of anilines is 1. The second-order valence-corrected chi connectivity index (χ2v) is 8.32. The van der Waals surface area contributed by atoms with E-state index in [1.807, 2.05) is 25.1 Å². The minimum atomic E-state index is -4.55. The Morgan fingerprint density at radius 1 is 1.28 bits per heavy atom. The van der Waals surface area contributed by atoms with Crippen molar-refractivity contribution in [3.05, 3.63) is 71.2 Å². The largest absolute Gasteiger partial charge is 0.416 e. The van der Waals surface area contributed by atoms with E-state index in [1.54, 1.807) is 12.3 Å². The number of H-pyrrole nitrogens is 1. The van der Waals surface area contributed by atoms with Crippen LogP contribution in [0.4, 0.5) is 19.0 Å². The molecular formula is C25H25F3N6O2. The fraction of sp³-hybridized carbons (Fsp3) is 0.280. The molecule has 11 heteroatoms. The predicted octanol–water partition coefficient (Wildman–Crippen LogP) is 4.55. The van der Waals surface area contributed by atoms with Crippen LogP contribution in [-0.2, 0) is 10.9 Å². The summed E-state index contributed by atoms with van der Waals surface area (Å²) in [6.45, 7) is 9.27. The van der Waals surface area contributed by atoms with Gasteiger partial charge in [0.1, 0.15) is 5.82 Å². The van der Waals surface area contributed by atoms with E-state index in [9.17, 15) is 18.0 Å². The fourth-order valence-corrected chi connectivity index (χ4v) is 3.90. The third-order valence-corrected chi connectivity index (χ3v) is 5.73. The third kappa shape index (κ3) is 6.04. The molecule has 4 rings (SSSR count). The Bertz CT molecular complexity index is 1320. The highest BCUT2D eigenvalue weighted by Crippen LogP contribution is 2.30. The van der Waals surface area contributed by atoms with Gasteiger partial charge >= 0.3 is 6.18 Å². The number of amides is 1. The summed E-state index contributed by atoms with van der Waals surface area (Å²) in [7, 11) is 0. The van der Waals surface area contributed by atoms with Crippen molar-refractivity contribution in [2.24, 2.45) is 4.99 Å². The Hall–Kier alpha value is -3.83. The van der Waals surface area contributed by atoms with Gasteiger partial charge in [0.25, 0.3) is 5.91 Å². The molecule has 8 nitrogen and oxygen atoms in total. The number of rotatable bonds is 7. The number of halogens is 3. The van der Waals surface area contributed by atoms with Crippen LogP contribution in [0.15, 0.2) is 59.4 Å². The normalized spacial score (nSPS) is 15.8. The van der Waals surface area contributed by atoms with Crippen LogP contribution in [0.25, 0.3) is 16.5 Å². The van der Waals surface area contributed by atoms with Crippen molar-refractivity contribution >= 4 is 34.9 Å². The smallest absolute Gasteiger partial charge is 0.379 e. The lowest BCUT2D eigenvalue weighted by Gasteiger charge is -2.26. The quantitative estimate of drug-likeness (QED) is 0.368. The molecule has 0 atom stereocenters. The summed E-state index contributed by atoms with van der Waals surface area (Å²) in [6, 6.07) is 7.13. The van der Waals surface area contributed by atoms with Crippen molar-refractivity contribution in [2.75, 3.05) is 38.2 Å². The first kappa shape index (κ1) is 25.3. The van der Waals surface area contributed by atoms with Gasteiger partial charge in [0.15, 0.2) is 5.69 Å². The predicted molar refractivity (Wildman–Crippen MR) is 132 cm³/mol. The number of hydrogen-bond acceptors (Lipinski definition) is 6. The van der Waals surface area contributed by atoms with Crippen LogP contribution in [-0.4, -0.2) is 65.6 Å². The summed E-state index contributed by atoms with van der Waals surface area (Å²) in [4.78, 5) is 22.9. The minimum Gasteiger partial charge on any atom is -0.379 e. The number of aliphatic imine (C=N–C) groups is 1. The van der Waals surface area contributed by atoms with Crippen LogP contribution < -0.4 is 5.32 Å². The number of carbonyl (C=O) groups is 1. The van der Waals surface area contributed by atoms with Crippen molar-refractivity contribution in [3.8, 4) is 0 Å². The third-order valence-electron chi connectivity index (χ3n) is 5.73. The molecule has 0 aliphatic carbocycles. The van der Waals surface area contributed by atoms with Gasteiger partial charge in [-0.1, -0.05) is 12.1 Å². The number of benzene rings is 1. The Morgan fingerprint density at radius 3 is 2.78 bits per heavy atom. The number of allylic oxidation sites excluding steroid dienone is 1. The van der Waals surface area contributed by atoms with E-state index >= 15 is 0 Å². The number of alkyl halides is 3. The number of morpholine rings is 1. The number of aromatic amines is 1. The van der Waals surface area contributed by atoms with Crippen molar-refractivity contribution < 1.29 is 22.7 Å². The number of pyridine rings is 1. The van der Waals surface area contributed by atoms with Gasteiger partial charge < -0.3 is 10.1 Å². The molecule has 1 fully saturated rings. The molecule has 0 saturated carbocycles. The van der Waals surface area contributed by atoms with Crippen LogP contribution in [0.5, 0.6) is 0 Å². The molecule has 1 aromatic carbocycles. The molecule has 0 bridgehead atoms. The van der Waals surface area contributed by atoms with E-state index in [0.717, 1.165) is 48.1 Å². The second kappa shape index (κ2) is 10.8. The van der Waals surface area contributed by atoms with E-state index in [0.29, 0.717) is 30.7 Å². The average Bonchev–Trinajstić information content (AvgIpc) is 3.28. The molecule has 188 valence electrons. The maximum Gasteiger partial charge on any atom is 0.416 e. The maximum atomic E-state index is 13.0. The van der Waals surface area contributed by atoms with Gasteiger partial charge in [-0.15, -0.1) is 0 Å². The molecule has 3 aromatic rings. The summed E-state index contributed by atoms with van der Waals surface area (Å²) < 4.78 is 44.4. The van der Waals surface area contributed by atoms with E-state index in [2.05, 4.69) is 37.1 Å². The van der Waals surface area contributed by atoms with Crippen molar-refractivity contribution in [1.82, 2.24) is 20.1 Å². The lowest BCUT2D eigenvalue weighted by Crippen LogP contribution is -2.37. The molecule has 0 spiro atoms. The van der Waals surface area contributed by atoms with Crippen LogP contribution >= 0.6 is 0 Å². The lowest BCUT2D eigenvalue weighted by atomic mass is 10.0. The highest BCUT2D eigenvalue weighted by atomic mass is 19.4. The Morgan fingerprint density at radius 2 is 2.06 bits per heavy atom. The molecular weight excluding hydrogens is 473 g/mol. The van der Waals surface area contributed by atoms with Gasteiger partial charge in [0.05, 0.1) is 24.3 Å². The number of hydrogen-bond donors (Lipinski definition) is 2.